The summed E-state index contributed by atoms with van der Waals surface area (Å²) in [5.41, 5.74) is 5.30. The molecule has 250 valence electrons. The average molecular weight is 653 g/mol. The number of hydrogen-bond acceptors (Lipinski definition) is 8. The van der Waals surface area contributed by atoms with Crippen LogP contribution >= 0.6 is 0 Å². The van der Waals surface area contributed by atoms with E-state index in [1.807, 2.05) is 49.4 Å². The molecule has 0 unspecified atom stereocenters. The number of aliphatic hydroxyl groups is 1. The van der Waals surface area contributed by atoms with E-state index >= 15 is 0 Å². The monoisotopic (exact) mass is 652 g/mol. The zero-order valence-electron chi connectivity index (χ0n) is 27.3. The van der Waals surface area contributed by atoms with Gasteiger partial charge in [-0.1, -0.05) is 48.0 Å². The van der Waals surface area contributed by atoms with Gasteiger partial charge in [-0.3, -0.25) is 0 Å². The summed E-state index contributed by atoms with van der Waals surface area (Å²) in [6.07, 6.45) is 1.55. The number of piperidine rings is 1. The van der Waals surface area contributed by atoms with Crippen molar-refractivity contribution < 1.29 is 32.5 Å². The molecule has 1 fully saturated rings. The molecule has 3 aromatic rings. The number of methoxy groups -OCH3 is 2. The number of aliphatic hydroxyl groups excluding tert-OH is 1. The fraction of sp³-hybridized carbons (Fsp3) is 0.500. The molecule has 0 saturated carbocycles. The number of fused-ring (bicyclic) bond motifs is 1. The largest absolute Gasteiger partial charge is 0.490 e. The van der Waals surface area contributed by atoms with E-state index in [1.165, 1.54) is 4.31 Å². The van der Waals surface area contributed by atoms with Gasteiger partial charge < -0.3 is 29.0 Å². The maximum absolute atomic E-state index is 13.8. The number of aryl methyl sites for hydroxylation is 2. The molecule has 2 aliphatic rings. The Hall–Kier alpha value is -2.99. The Morgan fingerprint density at radius 3 is 2.39 bits per heavy atom. The first-order chi connectivity index (χ1) is 22.3. The number of benzene rings is 3. The van der Waals surface area contributed by atoms with E-state index in [2.05, 4.69) is 17.0 Å². The zero-order valence-corrected chi connectivity index (χ0v) is 28.1. The Kier molecular flexibility index (Phi) is 12.1. The van der Waals surface area contributed by atoms with Gasteiger partial charge in [-0.05, 0) is 73.1 Å². The molecule has 0 aliphatic carbocycles. The fourth-order valence-electron chi connectivity index (χ4n) is 6.53. The Morgan fingerprint density at radius 2 is 1.65 bits per heavy atom. The van der Waals surface area contributed by atoms with Crippen molar-refractivity contribution in [3.63, 3.8) is 0 Å². The lowest BCUT2D eigenvalue weighted by atomic mass is 9.76. The summed E-state index contributed by atoms with van der Waals surface area (Å²) in [5, 5.41) is 11.6. The van der Waals surface area contributed by atoms with Crippen LogP contribution in [0, 0.1) is 12.8 Å². The molecule has 2 aliphatic heterocycles. The highest BCUT2D eigenvalue weighted by atomic mass is 32.2. The Morgan fingerprint density at radius 1 is 0.913 bits per heavy atom. The highest BCUT2D eigenvalue weighted by Crippen LogP contribution is 2.39. The van der Waals surface area contributed by atoms with Crippen molar-refractivity contribution in [2.24, 2.45) is 5.92 Å². The van der Waals surface area contributed by atoms with Crippen molar-refractivity contribution in [2.75, 3.05) is 71.7 Å². The predicted octanol–water partition coefficient (Wildman–Crippen LogP) is 4.79. The van der Waals surface area contributed by atoms with Crippen LogP contribution in [0.1, 0.15) is 41.0 Å². The van der Waals surface area contributed by atoms with Crippen molar-refractivity contribution in [1.29, 1.82) is 0 Å². The van der Waals surface area contributed by atoms with Crippen LogP contribution in [0.5, 0.6) is 5.75 Å². The number of rotatable bonds is 15. The van der Waals surface area contributed by atoms with Crippen molar-refractivity contribution in [2.45, 2.75) is 49.7 Å². The van der Waals surface area contributed by atoms with Crippen LogP contribution in [-0.4, -0.2) is 90.8 Å². The number of hydrogen-bond donors (Lipinski definition) is 1. The van der Waals surface area contributed by atoms with Gasteiger partial charge in [0.2, 0.25) is 10.0 Å². The lowest BCUT2D eigenvalue weighted by molar-refractivity contribution is 0.0486. The van der Waals surface area contributed by atoms with Crippen LogP contribution in [0.4, 0.5) is 5.69 Å². The van der Waals surface area contributed by atoms with Gasteiger partial charge in [0.1, 0.15) is 12.4 Å². The summed E-state index contributed by atoms with van der Waals surface area (Å²) in [5.74, 6) is 0.581. The number of anilines is 1. The van der Waals surface area contributed by atoms with E-state index in [-0.39, 0.29) is 23.3 Å². The lowest BCUT2D eigenvalue weighted by Gasteiger charge is -2.41. The second-order valence-corrected chi connectivity index (χ2v) is 14.2. The van der Waals surface area contributed by atoms with Crippen molar-refractivity contribution in [3.8, 4) is 5.75 Å². The molecule has 3 atom stereocenters. The van der Waals surface area contributed by atoms with E-state index in [9.17, 15) is 13.5 Å². The van der Waals surface area contributed by atoms with Gasteiger partial charge in [-0.25, -0.2) is 8.42 Å². The van der Waals surface area contributed by atoms with Crippen molar-refractivity contribution in [1.82, 2.24) is 4.31 Å². The second kappa shape index (κ2) is 16.2. The van der Waals surface area contributed by atoms with Gasteiger partial charge in [-0.15, -0.1) is 0 Å². The molecular formula is C36H48N2O7S. The standard InChI is InChI=1S/C36H48N2O7S/c1-27-5-14-32(15-6-27)46(40,41)38-24-31(36(34(39)25-38)30-11-8-29(9-12-30)26-44-22-21-43-3)13-7-28-10-16-35-33(23-28)37(18-20-45-35)17-4-19-42-2/h5-6,8-12,14-16,23,31,34,36,39H,4,7,13,17-22,24-26H2,1-3H3/t31-,34+,36+/m0/s1. The molecule has 10 heteroatoms. The van der Waals surface area contributed by atoms with E-state index in [0.717, 1.165) is 59.6 Å². The third kappa shape index (κ3) is 8.48. The molecule has 5 rings (SSSR count). The van der Waals surface area contributed by atoms with Gasteiger partial charge >= 0.3 is 0 Å². The summed E-state index contributed by atoms with van der Waals surface area (Å²) >= 11 is 0. The smallest absolute Gasteiger partial charge is 0.243 e. The average Bonchev–Trinajstić information content (AvgIpc) is 3.06. The molecule has 0 radical (unpaired) electrons. The summed E-state index contributed by atoms with van der Waals surface area (Å²) in [7, 11) is -0.400. The normalized spacial score (nSPS) is 20.3. The summed E-state index contributed by atoms with van der Waals surface area (Å²) in [6, 6.07) is 21.4. The molecule has 0 bridgehead atoms. The van der Waals surface area contributed by atoms with E-state index in [1.54, 1.807) is 26.4 Å². The molecule has 0 spiro atoms. The van der Waals surface area contributed by atoms with Gasteiger partial charge in [0.05, 0.1) is 43.1 Å². The van der Waals surface area contributed by atoms with Crippen LogP contribution in [0.3, 0.4) is 0 Å². The highest BCUT2D eigenvalue weighted by molar-refractivity contribution is 7.89. The Labute approximate surface area is 274 Å². The summed E-state index contributed by atoms with van der Waals surface area (Å²) in [6.45, 7) is 6.94. The number of nitrogens with zero attached hydrogens (tertiary/aromatic N) is 2. The molecule has 0 aromatic heterocycles. The highest BCUT2D eigenvalue weighted by Gasteiger charge is 2.41. The van der Waals surface area contributed by atoms with Crippen LogP contribution < -0.4 is 9.64 Å². The third-order valence-corrected chi connectivity index (χ3v) is 10.9. The SMILES string of the molecule is COCCCN1CCOc2ccc(CC[C@H]3CN(S(=O)(=O)c4ccc(C)cc4)C[C@@H](O)[C@@H]3c3ccc(COCCOC)cc3)cc21. The van der Waals surface area contributed by atoms with Crippen LogP contribution in [-0.2, 0) is 37.3 Å². The van der Waals surface area contributed by atoms with Gasteiger partial charge in [0, 0.05) is 46.4 Å². The minimum absolute atomic E-state index is 0.0475. The maximum atomic E-state index is 13.8. The summed E-state index contributed by atoms with van der Waals surface area (Å²) < 4.78 is 51.0. The third-order valence-electron chi connectivity index (χ3n) is 9.04. The number of sulfonamides is 1. The molecule has 1 saturated heterocycles. The minimum atomic E-state index is -3.77. The maximum Gasteiger partial charge on any atom is 0.243 e. The van der Waals surface area contributed by atoms with Crippen LogP contribution in [0.2, 0.25) is 0 Å². The predicted molar refractivity (Wildman–Crippen MR) is 179 cm³/mol. The zero-order chi connectivity index (χ0) is 32.5. The van der Waals surface area contributed by atoms with Gasteiger partial charge in [-0.2, -0.15) is 4.31 Å². The van der Waals surface area contributed by atoms with E-state index in [4.69, 9.17) is 18.9 Å². The molecule has 1 N–H and O–H groups in total. The Bertz CT molecular complexity index is 1500. The topological polar surface area (TPSA) is 97.8 Å². The number of β-amino-alcohol motifs (C(OH)–C–C–N with tert-alkyl or cyclic N) is 1. The summed E-state index contributed by atoms with van der Waals surface area (Å²) in [4.78, 5) is 2.61. The van der Waals surface area contributed by atoms with Gasteiger partial charge in [0.15, 0.2) is 0 Å². The minimum Gasteiger partial charge on any atom is -0.490 e. The van der Waals surface area contributed by atoms with E-state index in [0.29, 0.717) is 46.0 Å². The van der Waals surface area contributed by atoms with Gasteiger partial charge in [0.25, 0.3) is 0 Å². The first kappa shape index (κ1) is 34.3. The molecule has 3 aromatic carbocycles. The lowest BCUT2D eigenvalue weighted by Crippen LogP contribution is -2.50. The molecule has 0 amide bonds. The van der Waals surface area contributed by atoms with Crippen LogP contribution in [0.15, 0.2) is 71.6 Å². The van der Waals surface area contributed by atoms with E-state index < -0.39 is 16.1 Å². The van der Waals surface area contributed by atoms with Crippen LogP contribution in [0.25, 0.3) is 0 Å². The van der Waals surface area contributed by atoms with Crippen molar-refractivity contribution in [3.05, 3.63) is 89.0 Å². The first-order valence-electron chi connectivity index (χ1n) is 16.2. The van der Waals surface area contributed by atoms with Crippen molar-refractivity contribution >= 4 is 15.7 Å². The molecule has 46 heavy (non-hydrogen) atoms. The molecule has 9 nitrogen and oxygen atoms in total. The molecular weight excluding hydrogens is 604 g/mol. The second-order valence-electron chi connectivity index (χ2n) is 12.3. The quantitative estimate of drug-likeness (QED) is 0.234. The first-order valence-corrected chi connectivity index (χ1v) is 17.6. The number of ether oxygens (including phenoxy) is 4. The Balaban J connectivity index is 1.37. The molecule has 2 heterocycles. The fourth-order valence-corrected chi connectivity index (χ4v) is 8.05.